The third-order valence-electron chi connectivity index (χ3n) is 4.24. The van der Waals surface area contributed by atoms with E-state index < -0.39 is 53.8 Å². The first-order valence-corrected chi connectivity index (χ1v) is 8.60. The average molecular weight is 385 g/mol. The van der Waals surface area contributed by atoms with Crippen LogP contribution in [0.5, 0.6) is 0 Å². The highest BCUT2D eigenvalue weighted by Gasteiger charge is 2.54. The molecule has 1 unspecified atom stereocenters. The van der Waals surface area contributed by atoms with E-state index >= 15 is 0 Å². The zero-order valence-corrected chi connectivity index (χ0v) is 14.0. The SMILES string of the molecule is C=CCn1c(=O)n([C@@H]2O[C@H](CO)[C@H]3OS(=O)O[C@H]32)c2nc(N)[nH]c(=O)c21. The molecule has 2 aliphatic heterocycles. The van der Waals surface area contributed by atoms with Gasteiger partial charge in [0, 0.05) is 6.54 Å². The fraction of sp³-hybridized carbons (Fsp3) is 0.462. The first-order valence-electron chi connectivity index (χ1n) is 7.60. The quantitative estimate of drug-likeness (QED) is 0.500. The largest absolute Gasteiger partial charge is 0.394 e. The van der Waals surface area contributed by atoms with Crippen molar-refractivity contribution in [1.29, 1.82) is 0 Å². The highest BCUT2D eigenvalue weighted by Crippen LogP contribution is 2.39. The van der Waals surface area contributed by atoms with Crippen LogP contribution in [-0.2, 0) is 31.0 Å². The third kappa shape index (κ3) is 2.36. The summed E-state index contributed by atoms with van der Waals surface area (Å²) < 4.78 is 29.8. The summed E-state index contributed by atoms with van der Waals surface area (Å²) in [5, 5.41) is 9.47. The van der Waals surface area contributed by atoms with Crippen LogP contribution in [0.4, 0.5) is 5.95 Å². The van der Waals surface area contributed by atoms with Crippen molar-refractivity contribution in [3.8, 4) is 0 Å². The van der Waals surface area contributed by atoms with Gasteiger partial charge in [-0.3, -0.25) is 22.7 Å². The molecular weight excluding hydrogens is 370 g/mol. The highest BCUT2D eigenvalue weighted by atomic mass is 32.2. The standard InChI is InChI=1S/C13H15N5O7S/c1-2-3-17-6-9(15-12(14)16-10(6)20)18(13(17)21)11-8-7(5(4-19)23-11)24-26(22)25-8/h2,5,7-8,11,19H,1,3-4H2,(H3,14,15,16,20)/t5-,7-,8-,11-,26?/m1/s1. The Balaban J connectivity index is 1.96. The van der Waals surface area contributed by atoms with Gasteiger partial charge in [0.05, 0.1) is 6.61 Å². The van der Waals surface area contributed by atoms with Gasteiger partial charge >= 0.3 is 17.1 Å². The van der Waals surface area contributed by atoms with Crippen molar-refractivity contribution in [3.63, 3.8) is 0 Å². The number of nitrogens with one attached hydrogen (secondary N) is 1. The maximum atomic E-state index is 12.9. The molecule has 0 saturated carbocycles. The lowest BCUT2D eigenvalue weighted by atomic mass is 10.1. The number of imidazole rings is 1. The molecule has 140 valence electrons. The van der Waals surface area contributed by atoms with Crippen molar-refractivity contribution in [2.24, 2.45) is 0 Å². The Bertz CT molecular complexity index is 1030. The van der Waals surface area contributed by atoms with Gasteiger partial charge in [-0.15, -0.1) is 6.58 Å². The molecule has 2 fully saturated rings. The number of hydrogen-bond acceptors (Lipinski definition) is 9. The van der Waals surface area contributed by atoms with Gasteiger partial charge in [0.2, 0.25) is 5.95 Å². The zero-order valence-electron chi connectivity index (χ0n) is 13.2. The van der Waals surface area contributed by atoms with Crippen molar-refractivity contribution < 1.29 is 22.4 Å². The summed E-state index contributed by atoms with van der Waals surface area (Å²) in [6.45, 7) is 3.18. The van der Waals surface area contributed by atoms with E-state index in [0.29, 0.717) is 0 Å². The molecule has 2 aromatic rings. The summed E-state index contributed by atoms with van der Waals surface area (Å²) in [5.74, 6) is -0.188. The predicted molar refractivity (Wildman–Crippen MR) is 88.1 cm³/mol. The van der Waals surface area contributed by atoms with Crippen LogP contribution in [0, 0.1) is 0 Å². The molecule has 0 aromatic carbocycles. The summed E-state index contributed by atoms with van der Waals surface area (Å²) in [4.78, 5) is 31.6. The Morgan fingerprint density at radius 2 is 2.12 bits per heavy atom. The van der Waals surface area contributed by atoms with E-state index in [2.05, 4.69) is 16.5 Å². The van der Waals surface area contributed by atoms with Crippen LogP contribution >= 0.6 is 0 Å². The van der Waals surface area contributed by atoms with Gasteiger partial charge < -0.3 is 15.6 Å². The smallest absolute Gasteiger partial charge is 0.333 e. The molecule has 12 nitrogen and oxygen atoms in total. The first kappa shape index (κ1) is 17.1. The summed E-state index contributed by atoms with van der Waals surface area (Å²) >= 11 is -2.04. The van der Waals surface area contributed by atoms with Gasteiger partial charge in [-0.05, 0) is 0 Å². The van der Waals surface area contributed by atoms with Gasteiger partial charge in [-0.1, -0.05) is 6.08 Å². The van der Waals surface area contributed by atoms with E-state index in [9.17, 15) is 18.9 Å². The van der Waals surface area contributed by atoms with Gasteiger partial charge in [-0.2, -0.15) is 9.19 Å². The van der Waals surface area contributed by atoms with Crippen molar-refractivity contribution in [3.05, 3.63) is 33.5 Å². The fourth-order valence-corrected chi connectivity index (χ4v) is 4.06. The zero-order chi connectivity index (χ0) is 18.6. The van der Waals surface area contributed by atoms with Crippen molar-refractivity contribution in [1.82, 2.24) is 19.1 Å². The molecule has 2 saturated heterocycles. The molecule has 0 aliphatic carbocycles. The number of aliphatic hydroxyl groups is 1. The normalized spacial score (nSPS) is 30.7. The molecule has 13 heteroatoms. The topological polar surface area (TPSA) is 164 Å². The highest BCUT2D eigenvalue weighted by molar-refractivity contribution is 7.75. The number of allylic oxidation sites excluding steroid dienone is 1. The molecular formula is C13H15N5O7S. The number of anilines is 1. The van der Waals surface area contributed by atoms with Crippen LogP contribution in [0.15, 0.2) is 22.2 Å². The molecule has 4 heterocycles. The second kappa shape index (κ2) is 6.14. The number of nitrogens with two attached hydrogens (primary N) is 1. The Labute approximate surface area is 147 Å². The molecule has 5 atom stereocenters. The van der Waals surface area contributed by atoms with Crippen LogP contribution < -0.4 is 17.0 Å². The first-order chi connectivity index (χ1) is 12.5. The second-order valence-electron chi connectivity index (χ2n) is 5.75. The maximum Gasteiger partial charge on any atom is 0.333 e. The van der Waals surface area contributed by atoms with E-state index in [1.54, 1.807) is 0 Å². The third-order valence-corrected chi connectivity index (χ3v) is 5.00. The van der Waals surface area contributed by atoms with E-state index in [4.69, 9.17) is 18.8 Å². The Morgan fingerprint density at radius 3 is 2.81 bits per heavy atom. The predicted octanol–water partition coefficient (Wildman–Crippen LogP) is -2.09. The fourth-order valence-electron chi connectivity index (χ4n) is 3.21. The summed E-state index contributed by atoms with van der Waals surface area (Å²) in [6, 6.07) is 0. The number of aliphatic hydroxyl groups excluding tert-OH is 1. The molecule has 4 rings (SSSR count). The molecule has 2 aromatic heterocycles. The number of hydrogen-bond donors (Lipinski definition) is 3. The van der Waals surface area contributed by atoms with E-state index in [-0.39, 0.29) is 23.7 Å². The van der Waals surface area contributed by atoms with Crippen molar-refractivity contribution in [2.45, 2.75) is 31.1 Å². The Morgan fingerprint density at radius 1 is 1.38 bits per heavy atom. The van der Waals surface area contributed by atoms with Gasteiger partial charge in [0.25, 0.3) is 5.56 Å². The van der Waals surface area contributed by atoms with Crippen molar-refractivity contribution >= 4 is 28.5 Å². The van der Waals surface area contributed by atoms with Gasteiger partial charge in [0.15, 0.2) is 23.5 Å². The summed E-state index contributed by atoms with van der Waals surface area (Å²) in [7, 11) is 0. The number of nitrogen functional groups attached to an aromatic ring is 1. The molecule has 0 radical (unpaired) electrons. The number of aromatic amines is 1. The van der Waals surface area contributed by atoms with Crippen LogP contribution in [0.25, 0.3) is 11.2 Å². The van der Waals surface area contributed by atoms with Crippen molar-refractivity contribution in [2.75, 3.05) is 12.3 Å². The number of H-pyrrole nitrogens is 1. The minimum Gasteiger partial charge on any atom is -0.394 e. The van der Waals surface area contributed by atoms with E-state index in [1.807, 2.05) is 0 Å². The van der Waals surface area contributed by atoms with Crippen LogP contribution in [0.3, 0.4) is 0 Å². The van der Waals surface area contributed by atoms with Gasteiger partial charge in [-0.25, -0.2) is 9.36 Å². The number of nitrogens with zero attached hydrogens (tertiary/aromatic N) is 3. The van der Waals surface area contributed by atoms with E-state index in [0.717, 1.165) is 9.13 Å². The monoisotopic (exact) mass is 385 g/mol. The lowest BCUT2D eigenvalue weighted by molar-refractivity contribution is -0.0541. The van der Waals surface area contributed by atoms with Crippen LogP contribution in [0.1, 0.15) is 6.23 Å². The van der Waals surface area contributed by atoms with Crippen LogP contribution in [-0.4, -0.2) is 53.3 Å². The summed E-state index contributed by atoms with van der Waals surface area (Å²) in [5.41, 5.74) is 4.34. The average Bonchev–Trinajstić information content (AvgIpc) is 3.19. The van der Waals surface area contributed by atoms with Crippen LogP contribution in [0.2, 0.25) is 0 Å². The molecule has 2 aliphatic rings. The molecule has 26 heavy (non-hydrogen) atoms. The Hall–Kier alpha value is -2.32. The number of aromatic nitrogens is 4. The number of fused-ring (bicyclic) bond motifs is 2. The van der Waals surface area contributed by atoms with E-state index in [1.165, 1.54) is 6.08 Å². The number of rotatable bonds is 4. The minimum atomic E-state index is -2.04. The minimum absolute atomic E-state index is 0.0169. The molecule has 0 spiro atoms. The Kier molecular flexibility index (Phi) is 4.04. The molecule has 0 bridgehead atoms. The maximum absolute atomic E-state index is 12.9. The lowest BCUT2D eigenvalue weighted by Crippen LogP contribution is -2.34. The summed E-state index contributed by atoms with van der Waals surface area (Å²) in [6.07, 6.45) is -2.30. The lowest BCUT2D eigenvalue weighted by Gasteiger charge is -2.16. The second-order valence-corrected chi connectivity index (χ2v) is 6.54. The van der Waals surface area contributed by atoms with Gasteiger partial charge in [0.1, 0.15) is 12.2 Å². The molecule has 4 N–H and O–H groups in total. The number of ether oxygens (including phenoxy) is 1. The molecule has 0 amide bonds.